The lowest BCUT2D eigenvalue weighted by Crippen LogP contribution is -2.54. The van der Waals surface area contributed by atoms with Crippen molar-refractivity contribution < 1.29 is 23.9 Å². The number of carbonyl (C=O) groups is 3. The van der Waals surface area contributed by atoms with Crippen molar-refractivity contribution >= 4 is 17.9 Å². The van der Waals surface area contributed by atoms with Crippen LogP contribution in [-0.4, -0.2) is 37.1 Å². The third-order valence-corrected chi connectivity index (χ3v) is 5.38. The average Bonchev–Trinajstić information content (AvgIpc) is 2.88. The molecule has 8 nitrogen and oxygen atoms in total. The smallest absolute Gasteiger partial charge is 0.408 e. The highest BCUT2D eigenvalue weighted by Crippen LogP contribution is 2.19. The van der Waals surface area contributed by atoms with E-state index in [4.69, 9.17) is 15.2 Å². The van der Waals surface area contributed by atoms with Crippen molar-refractivity contribution in [2.24, 2.45) is 5.73 Å². The number of hydrogen-bond acceptors (Lipinski definition) is 5. The van der Waals surface area contributed by atoms with Gasteiger partial charge in [0.25, 0.3) is 0 Å². The van der Waals surface area contributed by atoms with E-state index in [0.29, 0.717) is 11.3 Å². The molecule has 0 aliphatic carbocycles. The third kappa shape index (κ3) is 7.89. The molecule has 0 fully saturated rings. The van der Waals surface area contributed by atoms with E-state index in [9.17, 15) is 14.4 Å². The Hall–Kier alpha value is -4.33. The summed E-state index contributed by atoms with van der Waals surface area (Å²) in [4.78, 5) is 37.8. The lowest BCUT2D eigenvalue weighted by Gasteiger charge is -2.22. The van der Waals surface area contributed by atoms with Crippen molar-refractivity contribution in [2.45, 2.75) is 31.5 Å². The Morgan fingerprint density at radius 3 is 2.00 bits per heavy atom. The Balaban J connectivity index is 1.71. The minimum absolute atomic E-state index is 0.0596. The second-order valence-corrected chi connectivity index (χ2v) is 7.93. The maximum absolute atomic E-state index is 13.2. The van der Waals surface area contributed by atoms with Gasteiger partial charge in [-0.1, -0.05) is 78.9 Å². The first-order valence-electron chi connectivity index (χ1n) is 11.2. The van der Waals surface area contributed by atoms with Crippen molar-refractivity contribution in [3.8, 4) is 5.75 Å². The van der Waals surface area contributed by atoms with E-state index in [-0.39, 0.29) is 19.4 Å². The maximum Gasteiger partial charge on any atom is 0.408 e. The van der Waals surface area contributed by atoms with Gasteiger partial charge in [0.2, 0.25) is 11.8 Å². The van der Waals surface area contributed by atoms with Crippen LogP contribution in [0.5, 0.6) is 5.75 Å². The molecule has 0 unspecified atom stereocenters. The Kier molecular flexibility index (Phi) is 9.24. The number of amides is 3. The second kappa shape index (κ2) is 12.8. The fourth-order valence-electron chi connectivity index (χ4n) is 3.55. The zero-order valence-corrected chi connectivity index (χ0v) is 19.5. The fraction of sp³-hybridized carbons (Fsp3) is 0.222. The number of primary amides is 1. The number of nitrogens with two attached hydrogens (primary N) is 1. The molecule has 8 heteroatoms. The fourth-order valence-corrected chi connectivity index (χ4v) is 3.55. The van der Waals surface area contributed by atoms with Crippen LogP contribution >= 0.6 is 0 Å². The molecule has 0 saturated carbocycles. The minimum atomic E-state index is -1.00. The number of benzene rings is 3. The van der Waals surface area contributed by atoms with E-state index in [0.717, 1.165) is 11.1 Å². The molecule has 182 valence electrons. The molecule has 4 N–H and O–H groups in total. The van der Waals surface area contributed by atoms with Crippen molar-refractivity contribution in [1.29, 1.82) is 0 Å². The summed E-state index contributed by atoms with van der Waals surface area (Å²) in [5, 5.41) is 5.29. The maximum atomic E-state index is 13.2. The van der Waals surface area contributed by atoms with Gasteiger partial charge in [-0.2, -0.15) is 0 Å². The minimum Gasteiger partial charge on any atom is -0.496 e. The van der Waals surface area contributed by atoms with Gasteiger partial charge in [0.1, 0.15) is 24.4 Å². The van der Waals surface area contributed by atoms with Crippen LogP contribution in [0.15, 0.2) is 84.9 Å². The molecule has 0 aliphatic heterocycles. The van der Waals surface area contributed by atoms with Gasteiger partial charge in [0.15, 0.2) is 0 Å². The number of hydrogen-bond donors (Lipinski definition) is 3. The number of rotatable bonds is 11. The van der Waals surface area contributed by atoms with Crippen molar-refractivity contribution in [3.05, 3.63) is 102 Å². The van der Waals surface area contributed by atoms with Crippen LogP contribution in [0.25, 0.3) is 0 Å². The predicted molar refractivity (Wildman–Crippen MR) is 132 cm³/mol. The quantitative estimate of drug-likeness (QED) is 0.394. The monoisotopic (exact) mass is 475 g/mol. The van der Waals surface area contributed by atoms with Crippen LogP contribution in [-0.2, 0) is 33.8 Å². The molecule has 0 aliphatic rings. The number of para-hydroxylation sites is 1. The molecular formula is C27H29N3O5. The molecule has 0 radical (unpaired) electrons. The van der Waals surface area contributed by atoms with Crippen molar-refractivity contribution in [1.82, 2.24) is 10.6 Å². The summed E-state index contributed by atoms with van der Waals surface area (Å²) in [6, 6.07) is 23.6. The van der Waals surface area contributed by atoms with Crippen LogP contribution in [0.1, 0.15) is 16.7 Å². The molecule has 3 aromatic carbocycles. The lowest BCUT2D eigenvalue weighted by molar-refractivity contribution is -0.128. The van der Waals surface area contributed by atoms with E-state index in [2.05, 4.69) is 10.6 Å². The third-order valence-electron chi connectivity index (χ3n) is 5.38. The molecule has 0 spiro atoms. The molecule has 2 atom stereocenters. The summed E-state index contributed by atoms with van der Waals surface area (Å²) in [6.07, 6.45) is -0.403. The zero-order valence-electron chi connectivity index (χ0n) is 19.5. The van der Waals surface area contributed by atoms with Crippen LogP contribution in [0.3, 0.4) is 0 Å². The number of methoxy groups -OCH3 is 1. The van der Waals surface area contributed by atoms with Gasteiger partial charge < -0.3 is 25.8 Å². The molecular weight excluding hydrogens is 446 g/mol. The highest BCUT2D eigenvalue weighted by atomic mass is 16.5. The topological polar surface area (TPSA) is 120 Å². The van der Waals surface area contributed by atoms with Gasteiger partial charge >= 0.3 is 6.09 Å². The molecule has 3 rings (SSSR count). The van der Waals surface area contributed by atoms with Gasteiger partial charge in [-0.15, -0.1) is 0 Å². The number of nitrogens with one attached hydrogen (secondary N) is 2. The van der Waals surface area contributed by atoms with Gasteiger partial charge in [0.05, 0.1) is 7.11 Å². The highest BCUT2D eigenvalue weighted by molar-refractivity contribution is 5.91. The summed E-state index contributed by atoms with van der Waals surface area (Å²) in [5.41, 5.74) is 7.95. The number of alkyl carbamates (subject to hydrolysis) is 1. The first-order chi connectivity index (χ1) is 17.0. The van der Waals surface area contributed by atoms with Crippen LogP contribution < -0.4 is 21.1 Å². The number of ether oxygens (including phenoxy) is 2. The standard InChI is InChI=1S/C27H29N3O5/c1-34-24-15-9-8-14-21(24)17-22(25(28)31)29-26(32)23(16-19-10-4-2-5-11-19)30-27(33)35-18-20-12-6-3-7-13-20/h2-15,22-23H,16-18H2,1H3,(H2,28,31)(H,29,32)(H,30,33)/t22-,23-/m0/s1. The van der Waals surface area contributed by atoms with Crippen molar-refractivity contribution in [3.63, 3.8) is 0 Å². The van der Waals surface area contributed by atoms with Crippen LogP contribution in [0.2, 0.25) is 0 Å². The molecule has 0 bridgehead atoms. The van der Waals surface area contributed by atoms with Gasteiger partial charge in [-0.05, 0) is 22.8 Å². The summed E-state index contributed by atoms with van der Waals surface area (Å²) in [5.74, 6) is -0.671. The Morgan fingerprint density at radius 1 is 0.771 bits per heavy atom. The molecule has 0 saturated heterocycles. The molecule has 0 heterocycles. The van der Waals surface area contributed by atoms with Crippen LogP contribution in [0.4, 0.5) is 4.79 Å². The first kappa shape index (κ1) is 25.3. The summed E-state index contributed by atoms with van der Waals surface area (Å²) < 4.78 is 10.6. The van der Waals surface area contributed by atoms with Gasteiger partial charge in [-0.25, -0.2) is 4.79 Å². The van der Waals surface area contributed by atoms with E-state index in [1.807, 2.05) is 60.7 Å². The highest BCUT2D eigenvalue weighted by Gasteiger charge is 2.27. The lowest BCUT2D eigenvalue weighted by atomic mass is 10.0. The second-order valence-electron chi connectivity index (χ2n) is 7.93. The van der Waals surface area contributed by atoms with Gasteiger partial charge in [-0.3, -0.25) is 9.59 Å². The summed E-state index contributed by atoms with van der Waals surface area (Å²) >= 11 is 0. The van der Waals surface area contributed by atoms with E-state index in [1.54, 1.807) is 24.3 Å². The largest absolute Gasteiger partial charge is 0.496 e. The average molecular weight is 476 g/mol. The van der Waals surface area contributed by atoms with Crippen LogP contribution in [0, 0.1) is 0 Å². The molecule has 35 heavy (non-hydrogen) atoms. The predicted octanol–water partition coefficient (Wildman–Crippen LogP) is 2.75. The zero-order chi connectivity index (χ0) is 25.0. The molecule has 3 aromatic rings. The van der Waals surface area contributed by atoms with E-state index < -0.39 is 30.0 Å². The molecule has 0 aromatic heterocycles. The Bertz CT molecular complexity index is 1120. The summed E-state index contributed by atoms with van der Waals surface area (Å²) in [6.45, 7) is 0.0596. The Morgan fingerprint density at radius 2 is 1.37 bits per heavy atom. The number of carbonyl (C=O) groups excluding carboxylic acids is 3. The Labute approximate surface area is 204 Å². The SMILES string of the molecule is COc1ccccc1C[C@H](NC(=O)[C@H](Cc1ccccc1)NC(=O)OCc1ccccc1)C(N)=O. The van der Waals surface area contributed by atoms with Crippen molar-refractivity contribution in [2.75, 3.05) is 7.11 Å². The molecule has 3 amide bonds. The summed E-state index contributed by atoms with van der Waals surface area (Å²) in [7, 11) is 1.53. The first-order valence-corrected chi connectivity index (χ1v) is 11.2. The van der Waals surface area contributed by atoms with Gasteiger partial charge in [0, 0.05) is 12.8 Å². The van der Waals surface area contributed by atoms with E-state index in [1.165, 1.54) is 7.11 Å². The normalized spacial score (nSPS) is 12.1. The van der Waals surface area contributed by atoms with E-state index >= 15 is 0 Å².